The maximum Gasteiger partial charge on any atom is 0.416 e. The third-order valence-electron chi connectivity index (χ3n) is 3.56. The van der Waals surface area contributed by atoms with Crippen LogP contribution >= 0.6 is 0 Å². The summed E-state index contributed by atoms with van der Waals surface area (Å²) in [7, 11) is 0. The lowest BCUT2D eigenvalue weighted by Gasteiger charge is -2.20. The van der Waals surface area contributed by atoms with Crippen molar-refractivity contribution in [3.05, 3.63) is 71.8 Å². The first-order chi connectivity index (χ1) is 11.3. The number of hydrogen-bond acceptors (Lipinski definition) is 2. The molecule has 0 aliphatic rings. The average Bonchev–Trinajstić information content (AvgIpc) is 2.53. The molecule has 0 heterocycles. The van der Waals surface area contributed by atoms with Gasteiger partial charge in [0.15, 0.2) is 0 Å². The molecular formula is C19H17F3O2. The summed E-state index contributed by atoms with van der Waals surface area (Å²) in [4.78, 5) is 10.8. The second-order valence-corrected chi connectivity index (χ2v) is 5.55. The summed E-state index contributed by atoms with van der Waals surface area (Å²) >= 11 is 0. The summed E-state index contributed by atoms with van der Waals surface area (Å²) in [6, 6.07) is 12.0. The first-order valence-corrected chi connectivity index (χ1v) is 7.33. The van der Waals surface area contributed by atoms with E-state index in [1.54, 1.807) is 37.3 Å². The topological polar surface area (TPSA) is 26.3 Å². The molecule has 2 aromatic carbocycles. The van der Waals surface area contributed by atoms with Crippen LogP contribution in [0.25, 0.3) is 11.1 Å². The van der Waals surface area contributed by atoms with Gasteiger partial charge < -0.3 is 4.74 Å². The van der Waals surface area contributed by atoms with Crippen molar-refractivity contribution < 1.29 is 22.7 Å². The predicted molar refractivity (Wildman–Crippen MR) is 86.2 cm³/mol. The standard InChI is InChI=1S/C19H17F3O2/c1-13(2)10-18(24-12-23)17-9-4-3-8-16(17)14-6-5-7-15(11-14)19(20,21)22/h3-9,11-12,18H,1,10H2,2H3. The van der Waals surface area contributed by atoms with Crippen LogP contribution in [0.15, 0.2) is 60.7 Å². The molecule has 126 valence electrons. The van der Waals surface area contributed by atoms with Crippen molar-refractivity contribution in [1.29, 1.82) is 0 Å². The van der Waals surface area contributed by atoms with Crippen LogP contribution in [0, 0.1) is 0 Å². The molecule has 0 amide bonds. The molecule has 2 rings (SSSR count). The highest BCUT2D eigenvalue weighted by Crippen LogP contribution is 2.36. The van der Waals surface area contributed by atoms with Crippen LogP contribution in [0.4, 0.5) is 13.2 Å². The minimum Gasteiger partial charge on any atom is -0.459 e. The second-order valence-electron chi connectivity index (χ2n) is 5.55. The van der Waals surface area contributed by atoms with E-state index in [0.29, 0.717) is 29.6 Å². The Kier molecular flexibility index (Phi) is 5.44. The smallest absolute Gasteiger partial charge is 0.416 e. The largest absolute Gasteiger partial charge is 0.459 e. The maximum atomic E-state index is 13.0. The van der Waals surface area contributed by atoms with Crippen LogP contribution in [0.2, 0.25) is 0 Å². The van der Waals surface area contributed by atoms with E-state index in [9.17, 15) is 18.0 Å². The molecule has 0 aliphatic carbocycles. The van der Waals surface area contributed by atoms with Crippen molar-refractivity contribution in [2.24, 2.45) is 0 Å². The van der Waals surface area contributed by atoms with Gasteiger partial charge in [-0.25, -0.2) is 0 Å². The zero-order valence-electron chi connectivity index (χ0n) is 13.1. The van der Waals surface area contributed by atoms with Crippen molar-refractivity contribution in [3.63, 3.8) is 0 Å². The van der Waals surface area contributed by atoms with Crippen molar-refractivity contribution >= 4 is 6.47 Å². The molecule has 5 heteroatoms. The highest BCUT2D eigenvalue weighted by Gasteiger charge is 2.30. The summed E-state index contributed by atoms with van der Waals surface area (Å²) < 4.78 is 44.0. The second kappa shape index (κ2) is 7.34. The summed E-state index contributed by atoms with van der Waals surface area (Å²) in [5.74, 6) is 0. The number of hydrogen-bond donors (Lipinski definition) is 0. The van der Waals surface area contributed by atoms with Crippen molar-refractivity contribution in [3.8, 4) is 11.1 Å². The fraction of sp³-hybridized carbons (Fsp3) is 0.211. The minimum absolute atomic E-state index is 0.344. The number of ether oxygens (including phenoxy) is 1. The molecule has 1 unspecified atom stereocenters. The van der Waals surface area contributed by atoms with Crippen LogP contribution in [-0.2, 0) is 15.7 Å². The van der Waals surface area contributed by atoms with Gasteiger partial charge >= 0.3 is 6.18 Å². The fourth-order valence-corrected chi connectivity index (χ4v) is 2.52. The van der Waals surface area contributed by atoms with E-state index in [1.165, 1.54) is 6.07 Å². The van der Waals surface area contributed by atoms with Gasteiger partial charge in [0.05, 0.1) is 5.56 Å². The van der Waals surface area contributed by atoms with E-state index in [0.717, 1.165) is 17.7 Å². The molecule has 1 atom stereocenters. The van der Waals surface area contributed by atoms with Gasteiger partial charge in [0.2, 0.25) is 0 Å². The first-order valence-electron chi connectivity index (χ1n) is 7.33. The quantitative estimate of drug-likeness (QED) is 0.511. The van der Waals surface area contributed by atoms with Crippen LogP contribution in [0.3, 0.4) is 0 Å². The van der Waals surface area contributed by atoms with Crippen LogP contribution in [0.5, 0.6) is 0 Å². The maximum absolute atomic E-state index is 13.0. The van der Waals surface area contributed by atoms with Gasteiger partial charge in [0.1, 0.15) is 6.10 Å². The van der Waals surface area contributed by atoms with E-state index >= 15 is 0 Å². The Morgan fingerprint density at radius 1 is 1.21 bits per heavy atom. The molecular weight excluding hydrogens is 317 g/mol. The molecule has 2 nitrogen and oxygen atoms in total. The zero-order valence-corrected chi connectivity index (χ0v) is 13.1. The minimum atomic E-state index is -4.42. The summed E-state index contributed by atoms with van der Waals surface area (Å²) in [5.41, 5.74) is 1.74. The van der Waals surface area contributed by atoms with Crippen molar-refractivity contribution in [1.82, 2.24) is 0 Å². The Morgan fingerprint density at radius 3 is 2.54 bits per heavy atom. The van der Waals surface area contributed by atoms with E-state index in [-0.39, 0.29) is 0 Å². The van der Waals surface area contributed by atoms with Gasteiger partial charge in [-0.1, -0.05) is 48.6 Å². The Labute approximate surface area is 138 Å². The number of halogens is 3. The Balaban J connectivity index is 2.52. The summed E-state index contributed by atoms with van der Waals surface area (Å²) in [6.07, 6.45) is -4.61. The number of carbonyl (C=O) groups is 1. The number of rotatable bonds is 6. The van der Waals surface area contributed by atoms with Crippen LogP contribution in [-0.4, -0.2) is 6.47 Å². The van der Waals surface area contributed by atoms with Crippen LogP contribution in [0.1, 0.15) is 30.6 Å². The molecule has 0 N–H and O–H groups in total. The van der Waals surface area contributed by atoms with Crippen molar-refractivity contribution in [2.75, 3.05) is 0 Å². The number of alkyl halides is 3. The third-order valence-corrected chi connectivity index (χ3v) is 3.56. The number of benzene rings is 2. The Morgan fingerprint density at radius 2 is 1.92 bits per heavy atom. The monoisotopic (exact) mass is 334 g/mol. The predicted octanol–water partition coefficient (Wildman–Crippen LogP) is 5.55. The van der Waals surface area contributed by atoms with Gasteiger partial charge in [-0.2, -0.15) is 13.2 Å². The molecule has 0 saturated heterocycles. The molecule has 24 heavy (non-hydrogen) atoms. The Bertz CT molecular complexity index is 735. The van der Waals surface area contributed by atoms with Crippen molar-refractivity contribution in [2.45, 2.75) is 25.6 Å². The summed E-state index contributed by atoms with van der Waals surface area (Å²) in [6.45, 7) is 5.95. The normalized spacial score (nSPS) is 12.5. The van der Waals surface area contributed by atoms with Gasteiger partial charge in [-0.3, -0.25) is 4.79 Å². The van der Waals surface area contributed by atoms with E-state index in [4.69, 9.17) is 4.74 Å². The molecule has 0 aliphatic heterocycles. The lowest BCUT2D eigenvalue weighted by atomic mass is 9.92. The molecule has 2 aromatic rings. The Hall–Kier alpha value is -2.56. The molecule has 0 radical (unpaired) electrons. The zero-order chi connectivity index (χ0) is 17.7. The van der Waals surface area contributed by atoms with E-state index < -0.39 is 17.8 Å². The number of carbonyl (C=O) groups excluding carboxylic acids is 1. The molecule has 0 spiro atoms. The average molecular weight is 334 g/mol. The molecule has 0 fully saturated rings. The van der Waals surface area contributed by atoms with Gasteiger partial charge in [0.25, 0.3) is 6.47 Å². The first kappa shape index (κ1) is 17.8. The molecule has 0 bridgehead atoms. The summed E-state index contributed by atoms with van der Waals surface area (Å²) in [5, 5.41) is 0. The lowest BCUT2D eigenvalue weighted by Crippen LogP contribution is -2.07. The molecule has 0 saturated carbocycles. The van der Waals surface area contributed by atoms with Gasteiger partial charge in [-0.05, 0) is 30.2 Å². The fourth-order valence-electron chi connectivity index (χ4n) is 2.52. The highest BCUT2D eigenvalue weighted by atomic mass is 19.4. The van der Waals surface area contributed by atoms with E-state index in [2.05, 4.69) is 6.58 Å². The van der Waals surface area contributed by atoms with Gasteiger partial charge in [0, 0.05) is 12.0 Å². The molecule has 0 aromatic heterocycles. The highest BCUT2D eigenvalue weighted by molar-refractivity contribution is 5.69. The SMILES string of the molecule is C=C(C)CC(OC=O)c1ccccc1-c1cccc(C(F)(F)F)c1. The third kappa shape index (κ3) is 4.25. The van der Waals surface area contributed by atoms with Gasteiger partial charge in [-0.15, -0.1) is 0 Å². The lowest BCUT2D eigenvalue weighted by molar-refractivity contribution is -0.137. The van der Waals surface area contributed by atoms with Crippen LogP contribution < -0.4 is 0 Å². The van der Waals surface area contributed by atoms with E-state index in [1.807, 2.05) is 0 Å².